The lowest BCUT2D eigenvalue weighted by Crippen LogP contribution is -2.52. The summed E-state index contributed by atoms with van der Waals surface area (Å²) in [5.41, 5.74) is 8.43. The number of nitrogens with one attached hydrogen (secondary N) is 1. The molecule has 2 aromatic carbocycles. The van der Waals surface area contributed by atoms with Gasteiger partial charge in [-0.1, -0.05) is 23.7 Å². The Balaban J connectivity index is 1.66. The predicted octanol–water partition coefficient (Wildman–Crippen LogP) is 3.89. The van der Waals surface area contributed by atoms with Gasteiger partial charge in [-0.15, -0.1) is 0 Å². The number of halogens is 1. The molecular weight excluding hydrogens is 428 g/mol. The second-order valence-corrected chi connectivity index (χ2v) is 8.97. The summed E-state index contributed by atoms with van der Waals surface area (Å²) < 4.78 is 5.61. The first-order chi connectivity index (χ1) is 15.4. The Kier molecular flexibility index (Phi) is 6.69. The van der Waals surface area contributed by atoms with E-state index < -0.39 is 6.09 Å². The van der Waals surface area contributed by atoms with Crippen molar-refractivity contribution in [2.24, 2.45) is 5.73 Å². The van der Waals surface area contributed by atoms with Crippen LogP contribution in [0.4, 0.5) is 16.2 Å². The largest absolute Gasteiger partial charge is 0.419 e. The van der Waals surface area contributed by atoms with Crippen molar-refractivity contribution < 1.29 is 14.3 Å². The number of hydrogen-bond donors (Lipinski definition) is 2. The van der Waals surface area contributed by atoms with Crippen LogP contribution in [0.15, 0.2) is 42.5 Å². The van der Waals surface area contributed by atoms with Gasteiger partial charge in [0, 0.05) is 43.5 Å². The van der Waals surface area contributed by atoms with Crippen molar-refractivity contribution in [1.29, 1.82) is 0 Å². The number of carbonyl (C=O) groups is 2. The predicted molar refractivity (Wildman–Crippen MR) is 127 cm³/mol. The fraction of sp³-hybridized carbons (Fsp3) is 0.417. The molecule has 2 aromatic rings. The molecule has 1 aliphatic carbocycles. The number of carbonyl (C=O) groups excluding carboxylic acids is 2. The zero-order valence-electron chi connectivity index (χ0n) is 18.4. The van der Waals surface area contributed by atoms with Crippen LogP contribution in [0.2, 0.25) is 5.02 Å². The number of amides is 2. The number of rotatable bonds is 6. The maximum absolute atomic E-state index is 13.2. The SMILES string of the molecule is CC(=O)N1c2ccc(C(CN)CNC3CC3)cc2N(C(=O)Oc2cccc(Cl)c2)C[C@@H]1C. The van der Waals surface area contributed by atoms with Gasteiger partial charge in [0.25, 0.3) is 0 Å². The molecule has 2 amide bonds. The molecule has 0 saturated heterocycles. The van der Waals surface area contributed by atoms with Crippen LogP contribution in [0.5, 0.6) is 5.75 Å². The molecule has 8 heteroatoms. The van der Waals surface area contributed by atoms with E-state index in [9.17, 15) is 9.59 Å². The van der Waals surface area contributed by atoms with Gasteiger partial charge in [0.2, 0.25) is 5.91 Å². The fourth-order valence-electron chi connectivity index (χ4n) is 4.17. The van der Waals surface area contributed by atoms with Gasteiger partial charge in [0.1, 0.15) is 5.75 Å². The van der Waals surface area contributed by atoms with Crippen LogP contribution in [0.3, 0.4) is 0 Å². The molecule has 170 valence electrons. The monoisotopic (exact) mass is 456 g/mol. The van der Waals surface area contributed by atoms with Crippen LogP contribution in [0, 0.1) is 0 Å². The molecule has 7 nitrogen and oxygen atoms in total. The van der Waals surface area contributed by atoms with E-state index in [2.05, 4.69) is 5.32 Å². The van der Waals surface area contributed by atoms with Gasteiger partial charge >= 0.3 is 6.09 Å². The number of nitrogens with zero attached hydrogens (tertiary/aromatic N) is 2. The summed E-state index contributed by atoms with van der Waals surface area (Å²) >= 11 is 6.03. The summed E-state index contributed by atoms with van der Waals surface area (Å²) in [6.45, 7) is 5.04. The number of nitrogens with two attached hydrogens (primary N) is 1. The average molecular weight is 457 g/mol. The zero-order chi connectivity index (χ0) is 22.8. The van der Waals surface area contributed by atoms with E-state index in [1.54, 1.807) is 34.1 Å². The third kappa shape index (κ3) is 4.90. The van der Waals surface area contributed by atoms with Gasteiger partial charge in [-0.25, -0.2) is 4.79 Å². The van der Waals surface area contributed by atoms with Crippen LogP contribution in [0.25, 0.3) is 0 Å². The lowest BCUT2D eigenvalue weighted by molar-refractivity contribution is -0.117. The Labute approximate surface area is 193 Å². The smallest absolute Gasteiger partial charge is 0.410 e. The normalized spacial score (nSPS) is 18.8. The second-order valence-electron chi connectivity index (χ2n) is 8.54. The van der Waals surface area contributed by atoms with Crippen molar-refractivity contribution >= 4 is 35.0 Å². The molecule has 2 atom stereocenters. The van der Waals surface area contributed by atoms with Gasteiger partial charge < -0.3 is 20.7 Å². The Morgan fingerprint density at radius 2 is 2.00 bits per heavy atom. The summed E-state index contributed by atoms with van der Waals surface area (Å²) in [6, 6.07) is 13.0. The summed E-state index contributed by atoms with van der Waals surface area (Å²) in [7, 11) is 0. The van der Waals surface area contributed by atoms with Crippen molar-refractivity contribution in [3.05, 3.63) is 53.1 Å². The van der Waals surface area contributed by atoms with Gasteiger partial charge in [0.15, 0.2) is 0 Å². The van der Waals surface area contributed by atoms with Gasteiger partial charge in [0.05, 0.1) is 17.4 Å². The van der Waals surface area contributed by atoms with E-state index in [1.807, 2.05) is 25.1 Å². The highest BCUT2D eigenvalue weighted by atomic mass is 35.5. The molecule has 3 N–H and O–H groups in total. The van der Waals surface area contributed by atoms with Gasteiger partial charge in [-0.3, -0.25) is 9.69 Å². The Bertz CT molecular complexity index is 1010. The maximum atomic E-state index is 13.2. The summed E-state index contributed by atoms with van der Waals surface area (Å²) in [5, 5.41) is 4.02. The molecule has 4 rings (SSSR count). The van der Waals surface area contributed by atoms with Crippen molar-refractivity contribution in [3.63, 3.8) is 0 Å². The van der Waals surface area contributed by atoms with E-state index in [0.29, 0.717) is 41.3 Å². The Hall–Kier alpha value is -2.61. The topological polar surface area (TPSA) is 87.9 Å². The molecule has 2 aliphatic rings. The highest BCUT2D eigenvalue weighted by Gasteiger charge is 2.35. The Morgan fingerprint density at radius 3 is 2.66 bits per heavy atom. The highest BCUT2D eigenvalue weighted by molar-refractivity contribution is 6.30. The first kappa shape index (κ1) is 22.6. The molecule has 32 heavy (non-hydrogen) atoms. The van der Waals surface area contributed by atoms with Crippen molar-refractivity contribution in [2.75, 3.05) is 29.4 Å². The van der Waals surface area contributed by atoms with Crippen molar-refractivity contribution in [1.82, 2.24) is 5.32 Å². The molecule has 0 radical (unpaired) electrons. The number of benzene rings is 2. The fourth-order valence-corrected chi connectivity index (χ4v) is 4.35. The van der Waals surface area contributed by atoms with E-state index in [-0.39, 0.29) is 17.9 Å². The highest BCUT2D eigenvalue weighted by Crippen LogP contribution is 2.38. The molecule has 1 unspecified atom stereocenters. The summed E-state index contributed by atoms with van der Waals surface area (Å²) in [4.78, 5) is 28.9. The molecule has 1 fully saturated rings. The molecule has 0 aromatic heterocycles. The van der Waals surface area contributed by atoms with Crippen LogP contribution < -0.4 is 25.6 Å². The van der Waals surface area contributed by atoms with Crippen LogP contribution in [-0.4, -0.2) is 43.7 Å². The number of fused-ring (bicyclic) bond motifs is 1. The molecular formula is C24H29ClN4O3. The Morgan fingerprint density at radius 1 is 1.22 bits per heavy atom. The standard InChI is InChI=1S/C24H29ClN4O3/c1-15-14-28(24(31)32-21-5-3-4-19(25)11-21)23-10-17(6-9-22(23)29(15)16(2)30)18(12-26)13-27-20-7-8-20/h3-6,9-11,15,18,20,27H,7-8,12-14,26H2,1-2H3/t15-,18?/m0/s1. The molecule has 0 bridgehead atoms. The number of anilines is 2. The third-order valence-electron chi connectivity index (χ3n) is 5.98. The minimum Gasteiger partial charge on any atom is -0.410 e. The van der Waals surface area contributed by atoms with Crippen LogP contribution >= 0.6 is 11.6 Å². The average Bonchev–Trinajstić information content (AvgIpc) is 3.57. The minimum absolute atomic E-state index is 0.0693. The molecule has 0 spiro atoms. The van der Waals surface area contributed by atoms with E-state index in [0.717, 1.165) is 12.1 Å². The zero-order valence-corrected chi connectivity index (χ0v) is 19.1. The van der Waals surface area contributed by atoms with Crippen molar-refractivity contribution in [3.8, 4) is 5.75 Å². The van der Waals surface area contributed by atoms with E-state index in [1.165, 1.54) is 19.8 Å². The van der Waals surface area contributed by atoms with E-state index in [4.69, 9.17) is 22.1 Å². The van der Waals surface area contributed by atoms with Crippen LogP contribution in [0.1, 0.15) is 38.2 Å². The lowest BCUT2D eigenvalue weighted by atomic mass is 9.96. The molecule has 1 aliphatic heterocycles. The first-order valence-corrected chi connectivity index (χ1v) is 11.4. The van der Waals surface area contributed by atoms with E-state index >= 15 is 0 Å². The number of hydrogen-bond acceptors (Lipinski definition) is 5. The summed E-state index contributed by atoms with van der Waals surface area (Å²) in [5.74, 6) is 0.410. The quantitative estimate of drug-likeness (QED) is 0.688. The number of ether oxygens (including phenoxy) is 1. The maximum Gasteiger partial charge on any atom is 0.419 e. The van der Waals surface area contributed by atoms with Gasteiger partial charge in [-0.05, 0) is 55.7 Å². The minimum atomic E-state index is -0.513. The van der Waals surface area contributed by atoms with Crippen LogP contribution in [-0.2, 0) is 4.79 Å². The van der Waals surface area contributed by atoms with Gasteiger partial charge in [-0.2, -0.15) is 0 Å². The van der Waals surface area contributed by atoms with Crippen molar-refractivity contribution in [2.45, 2.75) is 44.7 Å². The molecule has 1 saturated carbocycles. The summed E-state index contributed by atoms with van der Waals surface area (Å²) in [6.07, 6.45) is 1.90. The third-order valence-corrected chi connectivity index (χ3v) is 6.22. The lowest BCUT2D eigenvalue weighted by Gasteiger charge is -2.40. The molecule has 1 heterocycles. The second kappa shape index (κ2) is 9.48. The first-order valence-electron chi connectivity index (χ1n) is 11.0.